The highest BCUT2D eigenvalue weighted by Gasteiger charge is 2.47. The number of imide groups is 1. The van der Waals surface area contributed by atoms with Crippen molar-refractivity contribution in [2.45, 2.75) is 52.1 Å². The molecule has 0 bridgehead atoms. The zero-order valence-corrected chi connectivity index (χ0v) is 13.5. The van der Waals surface area contributed by atoms with Gasteiger partial charge in [-0.2, -0.15) is 0 Å². The number of nitrogens with zero attached hydrogens (tertiary/aromatic N) is 2. The van der Waals surface area contributed by atoms with E-state index in [0.717, 1.165) is 0 Å². The predicted octanol–water partition coefficient (Wildman–Crippen LogP) is 2.36. The number of anilines is 1. The van der Waals surface area contributed by atoms with Gasteiger partial charge in [0, 0.05) is 12.5 Å². The molecule has 2 rings (SSSR count). The van der Waals surface area contributed by atoms with E-state index in [1.165, 1.54) is 11.8 Å². The van der Waals surface area contributed by atoms with Crippen LogP contribution in [0.2, 0.25) is 0 Å². The molecule has 118 valence electrons. The second-order valence-electron chi connectivity index (χ2n) is 6.18. The van der Waals surface area contributed by atoms with Crippen LogP contribution in [0.5, 0.6) is 0 Å². The molecule has 1 heterocycles. The van der Waals surface area contributed by atoms with Crippen molar-refractivity contribution in [3.8, 4) is 0 Å². The lowest BCUT2D eigenvalue weighted by atomic mass is 9.96. The maximum atomic E-state index is 12.7. The Balaban J connectivity index is 2.36. The molecule has 1 aromatic rings. The number of carbonyl (C=O) groups excluding carboxylic acids is 3. The Morgan fingerprint density at radius 2 is 1.86 bits per heavy atom. The Morgan fingerprint density at radius 3 is 2.36 bits per heavy atom. The van der Waals surface area contributed by atoms with Crippen molar-refractivity contribution in [1.82, 2.24) is 4.90 Å². The van der Waals surface area contributed by atoms with E-state index in [0.29, 0.717) is 12.1 Å². The third-order valence-corrected chi connectivity index (χ3v) is 4.31. The Morgan fingerprint density at radius 1 is 1.27 bits per heavy atom. The standard InChI is InChI=1S/C17H22N2O3/c1-5-17(3,4)19(12(2)20)14-11-15(21)18(16(14)22)13-9-7-6-8-10-13/h6-10,14H,5,11H2,1-4H3. The molecule has 1 fully saturated rings. The predicted molar refractivity (Wildman–Crippen MR) is 84.2 cm³/mol. The molecule has 0 N–H and O–H groups in total. The van der Waals surface area contributed by atoms with E-state index in [1.54, 1.807) is 29.2 Å². The molecule has 1 aromatic carbocycles. The van der Waals surface area contributed by atoms with Gasteiger partial charge in [-0.25, -0.2) is 4.90 Å². The van der Waals surface area contributed by atoms with Gasteiger partial charge < -0.3 is 4.90 Å². The maximum absolute atomic E-state index is 12.7. The van der Waals surface area contributed by atoms with Gasteiger partial charge in [-0.15, -0.1) is 0 Å². The van der Waals surface area contributed by atoms with Gasteiger partial charge in [0.25, 0.3) is 5.91 Å². The third kappa shape index (κ3) is 2.75. The molecule has 0 aromatic heterocycles. The molecule has 1 atom stereocenters. The van der Waals surface area contributed by atoms with Gasteiger partial charge in [0.2, 0.25) is 11.8 Å². The van der Waals surface area contributed by atoms with Gasteiger partial charge in [0.15, 0.2) is 0 Å². The Labute approximate surface area is 130 Å². The Hall–Kier alpha value is -2.17. The van der Waals surface area contributed by atoms with E-state index < -0.39 is 11.6 Å². The van der Waals surface area contributed by atoms with Crippen LogP contribution >= 0.6 is 0 Å². The molecule has 5 nitrogen and oxygen atoms in total. The number of rotatable bonds is 4. The minimum atomic E-state index is -0.722. The fraction of sp³-hybridized carbons (Fsp3) is 0.471. The summed E-state index contributed by atoms with van der Waals surface area (Å²) in [6.07, 6.45) is 0.743. The number of hydrogen-bond acceptors (Lipinski definition) is 3. The van der Waals surface area contributed by atoms with Crippen LogP contribution in [0, 0.1) is 0 Å². The first-order valence-corrected chi connectivity index (χ1v) is 7.51. The number of amides is 3. The molecule has 1 saturated heterocycles. The number of hydrogen-bond donors (Lipinski definition) is 0. The molecule has 3 amide bonds. The van der Waals surface area contributed by atoms with Crippen LogP contribution in [0.25, 0.3) is 0 Å². The lowest BCUT2D eigenvalue weighted by molar-refractivity contribution is -0.142. The second-order valence-corrected chi connectivity index (χ2v) is 6.18. The van der Waals surface area contributed by atoms with Crippen molar-refractivity contribution in [2.24, 2.45) is 0 Å². The maximum Gasteiger partial charge on any atom is 0.257 e. The summed E-state index contributed by atoms with van der Waals surface area (Å²) in [6.45, 7) is 7.24. The first-order valence-electron chi connectivity index (χ1n) is 7.51. The minimum absolute atomic E-state index is 0.0384. The molecular weight excluding hydrogens is 280 g/mol. The SMILES string of the molecule is CCC(C)(C)N(C(C)=O)C1CC(=O)N(c2ccccc2)C1=O. The first kappa shape index (κ1) is 16.2. The van der Waals surface area contributed by atoms with Gasteiger partial charge in [-0.3, -0.25) is 14.4 Å². The van der Waals surface area contributed by atoms with Crippen molar-refractivity contribution >= 4 is 23.4 Å². The summed E-state index contributed by atoms with van der Waals surface area (Å²) in [6, 6.07) is 8.11. The lowest BCUT2D eigenvalue weighted by Crippen LogP contribution is -2.54. The monoisotopic (exact) mass is 302 g/mol. The molecule has 1 aliphatic rings. The van der Waals surface area contributed by atoms with E-state index in [-0.39, 0.29) is 24.1 Å². The molecule has 0 saturated carbocycles. The number of carbonyl (C=O) groups is 3. The molecule has 22 heavy (non-hydrogen) atoms. The van der Waals surface area contributed by atoms with Crippen LogP contribution in [0.4, 0.5) is 5.69 Å². The largest absolute Gasteiger partial charge is 0.325 e. The number of benzene rings is 1. The zero-order valence-electron chi connectivity index (χ0n) is 13.5. The average molecular weight is 302 g/mol. The van der Waals surface area contributed by atoms with Crippen molar-refractivity contribution in [3.05, 3.63) is 30.3 Å². The van der Waals surface area contributed by atoms with Gasteiger partial charge in [0.1, 0.15) is 6.04 Å². The summed E-state index contributed by atoms with van der Waals surface area (Å²) in [7, 11) is 0. The molecule has 1 unspecified atom stereocenters. The van der Waals surface area contributed by atoms with Crippen molar-refractivity contribution in [1.29, 1.82) is 0 Å². The summed E-state index contributed by atoms with van der Waals surface area (Å²) in [5, 5.41) is 0. The summed E-state index contributed by atoms with van der Waals surface area (Å²) in [4.78, 5) is 39.9. The van der Waals surface area contributed by atoms with Crippen LogP contribution in [0.1, 0.15) is 40.5 Å². The van der Waals surface area contributed by atoms with Crippen LogP contribution in [0.15, 0.2) is 30.3 Å². The van der Waals surface area contributed by atoms with Crippen molar-refractivity contribution < 1.29 is 14.4 Å². The fourth-order valence-electron chi connectivity index (χ4n) is 2.90. The van der Waals surface area contributed by atoms with Crippen LogP contribution in [0.3, 0.4) is 0 Å². The van der Waals surface area contributed by atoms with Crippen LogP contribution < -0.4 is 4.90 Å². The summed E-state index contributed by atoms with van der Waals surface area (Å²) >= 11 is 0. The zero-order chi connectivity index (χ0) is 16.5. The van der Waals surface area contributed by atoms with Gasteiger partial charge in [-0.1, -0.05) is 25.1 Å². The first-order chi connectivity index (χ1) is 10.3. The Bertz CT molecular complexity index is 595. The topological polar surface area (TPSA) is 57.7 Å². The highest BCUT2D eigenvalue weighted by Crippen LogP contribution is 2.30. The normalized spacial score (nSPS) is 18.7. The van der Waals surface area contributed by atoms with Crippen molar-refractivity contribution in [3.63, 3.8) is 0 Å². The van der Waals surface area contributed by atoms with Crippen LogP contribution in [-0.2, 0) is 14.4 Å². The van der Waals surface area contributed by atoms with Crippen LogP contribution in [-0.4, -0.2) is 34.2 Å². The number of para-hydroxylation sites is 1. The molecule has 5 heteroatoms. The lowest BCUT2D eigenvalue weighted by Gasteiger charge is -2.40. The summed E-state index contributed by atoms with van der Waals surface area (Å²) in [5.74, 6) is -0.778. The second kappa shape index (κ2) is 5.91. The van der Waals surface area contributed by atoms with E-state index in [9.17, 15) is 14.4 Å². The molecule has 0 radical (unpaired) electrons. The van der Waals surface area contributed by atoms with E-state index in [2.05, 4.69) is 0 Å². The Kier molecular flexibility index (Phi) is 4.35. The van der Waals surface area contributed by atoms with Gasteiger partial charge >= 0.3 is 0 Å². The summed E-state index contributed by atoms with van der Waals surface area (Å²) < 4.78 is 0. The third-order valence-electron chi connectivity index (χ3n) is 4.31. The smallest absolute Gasteiger partial charge is 0.257 e. The summed E-state index contributed by atoms with van der Waals surface area (Å²) in [5.41, 5.74) is 0.0804. The van der Waals surface area contributed by atoms with E-state index >= 15 is 0 Å². The van der Waals surface area contributed by atoms with Gasteiger partial charge in [-0.05, 0) is 32.4 Å². The van der Waals surface area contributed by atoms with Gasteiger partial charge in [0.05, 0.1) is 12.1 Å². The molecular formula is C17H22N2O3. The molecule has 0 aliphatic carbocycles. The quantitative estimate of drug-likeness (QED) is 0.802. The van der Waals surface area contributed by atoms with E-state index in [1.807, 2.05) is 26.8 Å². The molecule has 1 aliphatic heterocycles. The minimum Gasteiger partial charge on any atom is -0.325 e. The van der Waals surface area contributed by atoms with E-state index in [4.69, 9.17) is 0 Å². The average Bonchev–Trinajstić information content (AvgIpc) is 2.74. The van der Waals surface area contributed by atoms with Crippen molar-refractivity contribution in [2.75, 3.05) is 4.90 Å². The molecule has 0 spiro atoms. The highest BCUT2D eigenvalue weighted by atomic mass is 16.2. The highest BCUT2D eigenvalue weighted by molar-refractivity contribution is 6.23. The fourth-order valence-corrected chi connectivity index (χ4v) is 2.90.